The van der Waals surface area contributed by atoms with Crippen LogP contribution in [0.4, 0.5) is 9.59 Å². The van der Waals surface area contributed by atoms with E-state index in [1.54, 1.807) is 4.90 Å². The molecule has 0 aliphatic carbocycles. The Labute approximate surface area is 330 Å². The number of methoxy groups -OCH3 is 2. The molecule has 0 radical (unpaired) electrons. The second kappa shape index (κ2) is 16.5. The molecule has 2 fully saturated rings. The first kappa shape index (κ1) is 39.1. The molecule has 300 valence electrons. The summed E-state index contributed by atoms with van der Waals surface area (Å²) in [5.74, 6) is 2.05. The minimum absolute atomic E-state index is 0.116. The van der Waals surface area contributed by atoms with Gasteiger partial charge < -0.3 is 44.6 Å². The summed E-state index contributed by atoms with van der Waals surface area (Å²) in [7, 11) is 2.57. The molecular weight excluding hydrogens is 729 g/mol. The third kappa shape index (κ3) is 8.09. The third-order valence-electron chi connectivity index (χ3n) is 10.9. The van der Waals surface area contributed by atoms with Crippen LogP contribution in [0.5, 0.6) is 11.5 Å². The van der Waals surface area contributed by atoms with Gasteiger partial charge in [-0.15, -0.1) is 0 Å². The fraction of sp³-hybridized carbons (Fsp3) is 0.429. The SMILES string of the molecule is COC(=O)N[C@H](C(=O)N1CCC[C@H]1c1nc2ccc(-c3ccc(Oc4cccc5[nH]c([C@@H]6CCCN6C(=O)[C@@H](NC(=O)OC)C(C)C)nc45)cc3)cc2[nH]1)C(C)C. The number of hydrogen-bond donors (Lipinski definition) is 4. The molecule has 15 heteroatoms. The molecular formula is C42H50N8O7. The Morgan fingerprint density at radius 1 is 0.702 bits per heavy atom. The lowest BCUT2D eigenvalue weighted by molar-refractivity contribution is -0.136. The molecule has 4 heterocycles. The molecule has 2 aliphatic heterocycles. The van der Waals surface area contributed by atoms with E-state index in [4.69, 9.17) is 24.2 Å². The number of ether oxygens (including phenoxy) is 3. The van der Waals surface area contributed by atoms with E-state index in [2.05, 4.69) is 26.7 Å². The monoisotopic (exact) mass is 778 g/mol. The number of para-hydroxylation sites is 1. The van der Waals surface area contributed by atoms with E-state index in [-0.39, 0.29) is 35.7 Å². The summed E-state index contributed by atoms with van der Waals surface area (Å²) in [5.41, 5.74) is 5.09. The number of alkyl carbamates (subject to hydrolysis) is 2. The maximum absolute atomic E-state index is 13.7. The lowest BCUT2D eigenvalue weighted by Gasteiger charge is -2.29. The van der Waals surface area contributed by atoms with Crippen LogP contribution in [0.2, 0.25) is 0 Å². The maximum atomic E-state index is 13.7. The first-order valence-corrected chi connectivity index (χ1v) is 19.5. The summed E-state index contributed by atoms with van der Waals surface area (Å²) in [6.07, 6.45) is 1.89. The van der Waals surface area contributed by atoms with Crippen molar-refractivity contribution < 1.29 is 33.4 Å². The van der Waals surface area contributed by atoms with Crippen molar-refractivity contribution in [3.8, 4) is 22.6 Å². The minimum atomic E-state index is -0.717. The van der Waals surface area contributed by atoms with Gasteiger partial charge in [-0.3, -0.25) is 9.59 Å². The Balaban J connectivity index is 1.06. The van der Waals surface area contributed by atoms with Crippen LogP contribution in [0.25, 0.3) is 33.2 Å². The average molecular weight is 779 g/mol. The number of hydrogen-bond acceptors (Lipinski definition) is 9. The number of aromatic amines is 2. The van der Waals surface area contributed by atoms with Crippen molar-refractivity contribution in [1.82, 2.24) is 40.4 Å². The predicted octanol–water partition coefficient (Wildman–Crippen LogP) is 6.99. The number of carbonyl (C=O) groups is 4. The topological polar surface area (TPSA) is 184 Å². The van der Waals surface area contributed by atoms with Crippen LogP contribution in [-0.2, 0) is 19.1 Å². The highest BCUT2D eigenvalue weighted by Gasteiger charge is 2.39. The van der Waals surface area contributed by atoms with Gasteiger partial charge in [-0.05, 0) is 85.0 Å². The van der Waals surface area contributed by atoms with Crippen molar-refractivity contribution in [2.24, 2.45) is 11.8 Å². The Morgan fingerprint density at radius 3 is 1.81 bits per heavy atom. The van der Waals surface area contributed by atoms with Crippen LogP contribution in [0.1, 0.15) is 77.1 Å². The summed E-state index contributed by atoms with van der Waals surface area (Å²) in [6.45, 7) is 8.72. The van der Waals surface area contributed by atoms with E-state index in [0.29, 0.717) is 35.9 Å². The number of rotatable bonds is 11. The van der Waals surface area contributed by atoms with Gasteiger partial charge in [0, 0.05) is 13.1 Å². The van der Waals surface area contributed by atoms with Gasteiger partial charge in [0.2, 0.25) is 11.8 Å². The van der Waals surface area contributed by atoms with Gasteiger partial charge >= 0.3 is 12.2 Å². The van der Waals surface area contributed by atoms with Crippen LogP contribution in [0, 0.1) is 11.8 Å². The summed E-state index contributed by atoms with van der Waals surface area (Å²) in [6, 6.07) is 17.7. The molecule has 4 N–H and O–H groups in total. The van der Waals surface area contributed by atoms with Crippen LogP contribution < -0.4 is 15.4 Å². The molecule has 4 atom stereocenters. The summed E-state index contributed by atoms with van der Waals surface area (Å²) in [4.78, 5) is 71.6. The maximum Gasteiger partial charge on any atom is 0.407 e. The zero-order chi connectivity index (χ0) is 40.4. The summed E-state index contributed by atoms with van der Waals surface area (Å²) in [5, 5.41) is 5.39. The van der Waals surface area contributed by atoms with Crippen LogP contribution in [-0.4, -0.2) is 93.1 Å². The molecule has 5 aromatic rings. The Morgan fingerprint density at radius 2 is 1.25 bits per heavy atom. The lowest BCUT2D eigenvalue weighted by atomic mass is 10.0. The number of imidazole rings is 2. The van der Waals surface area contributed by atoms with E-state index < -0.39 is 24.3 Å². The largest absolute Gasteiger partial charge is 0.455 e. The van der Waals surface area contributed by atoms with Crippen molar-refractivity contribution in [3.05, 3.63) is 72.3 Å². The summed E-state index contributed by atoms with van der Waals surface area (Å²) < 4.78 is 15.9. The Hall–Kier alpha value is -6.12. The first-order chi connectivity index (χ1) is 27.4. The van der Waals surface area contributed by atoms with Gasteiger partial charge in [0.05, 0.1) is 42.9 Å². The number of fused-ring (bicyclic) bond motifs is 2. The highest BCUT2D eigenvalue weighted by Crippen LogP contribution is 2.37. The van der Waals surface area contributed by atoms with Crippen molar-refractivity contribution in [2.45, 2.75) is 77.5 Å². The van der Waals surface area contributed by atoms with Gasteiger partial charge in [0.25, 0.3) is 0 Å². The van der Waals surface area contributed by atoms with E-state index in [1.165, 1.54) is 14.2 Å². The molecule has 2 aromatic heterocycles. The third-order valence-corrected chi connectivity index (χ3v) is 10.9. The number of H-pyrrole nitrogens is 2. The fourth-order valence-corrected chi connectivity index (χ4v) is 7.86. The number of likely N-dealkylation sites (tertiary alicyclic amines) is 2. The normalized spacial score (nSPS) is 18.0. The van der Waals surface area contributed by atoms with Gasteiger partial charge in [-0.2, -0.15) is 0 Å². The highest BCUT2D eigenvalue weighted by molar-refractivity contribution is 5.88. The molecule has 0 bridgehead atoms. The van der Waals surface area contributed by atoms with Crippen molar-refractivity contribution in [2.75, 3.05) is 27.3 Å². The number of benzene rings is 3. The number of aromatic nitrogens is 4. The summed E-state index contributed by atoms with van der Waals surface area (Å²) >= 11 is 0. The zero-order valence-corrected chi connectivity index (χ0v) is 33.1. The molecule has 57 heavy (non-hydrogen) atoms. The zero-order valence-electron chi connectivity index (χ0n) is 33.1. The second-order valence-corrected chi connectivity index (χ2v) is 15.3. The fourth-order valence-electron chi connectivity index (χ4n) is 7.86. The smallest absolute Gasteiger partial charge is 0.407 e. The molecule has 4 amide bonds. The standard InChI is InChI=1S/C42H50N8O7/c1-23(2)34(47-41(53)55-5)39(51)49-20-8-11-31(49)37-43-28-19-16-26(22-30(28)45-37)25-14-17-27(18-15-25)57-33-13-7-10-29-36(33)46-38(44-29)32-12-9-21-50(32)40(52)35(24(3)4)48-42(54)56-6/h7,10,13-19,22-24,31-32,34-35H,8-9,11-12,20-21H2,1-6H3,(H,43,45)(H,44,46)(H,47,53)(H,48,54)/t31-,32-,34-,35-/m0/s1. The lowest BCUT2D eigenvalue weighted by Crippen LogP contribution is -2.51. The van der Waals surface area contributed by atoms with Crippen LogP contribution in [0.3, 0.4) is 0 Å². The molecule has 7 rings (SSSR count). The van der Waals surface area contributed by atoms with Gasteiger partial charge in [0.1, 0.15) is 35.0 Å². The van der Waals surface area contributed by atoms with Crippen molar-refractivity contribution >= 4 is 46.1 Å². The number of nitrogens with zero attached hydrogens (tertiary/aromatic N) is 4. The molecule has 2 aliphatic rings. The second-order valence-electron chi connectivity index (χ2n) is 15.3. The number of amides is 4. The van der Waals surface area contributed by atoms with Gasteiger partial charge in [0.15, 0.2) is 5.75 Å². The van der Waals surface area contributed by atoms with Crippen molar-refractivity contribution in [3.63, 3.8) is 0 Å². The highest BCUT2D eigenvalue weighted by atomic mass is 16.5. The molecule has 2 saturated heterocycles. The van der Waals surface area contributed by atoms with Gasteiger partial charge in [-0.25, -0.2) is 19.6 Å². The van der Waals surface area contributed by atoms with E-state index in [9.17, 15) is 19.2 Å². The average Bonchev–Trinajstić information content (AvgIpc) is 4.03. The molecule has 0 unspecified atom stereocenters. The number of carbonyl (C=O) groups excluding carboxylic acids is 4. The minimum Gasteiger partial charge on any atom is -0.455 e. The Kier molecular flexibility index (Phi) is 11.4. The molecule has 3 aromatic carbocycles. The van der Waals surface area contributed by atoms with Crippen LogP contribution >= 0.6 is 0 Å². The molecule has 0 saturated carbocycles. The Bertz CT molecular complexity index is 2270. The van der Waals surface area contributed by atoms with Crippen LogP contribution in [0.15, 0.2) is 60.7 Å². The van der Waals surface area contributed by atoms with E-state index in [1.807, 2.05) is 87.2 Å². The van der Waals surface area contributed by atoms with E-state index in [0.717, 1.165) is 59.2 Å². The van der Waals surface area contributed by atoms with Gasteiger partial charge in [-0.1, -0.05) is 52.0 Å². The molecule has 15 nitrogen and oxygen atoms in total. The first-order valence-electron chi connectivity index (χ1n) is 19.5. The van der Waals surface area contributed by atoms with E-state index >= 15 is 0 Å². The van der Waals surface area contributed by atoms with Crippen molar-refractivity contribution in [1.29, 1.82) is 0 Å². The quantitative estimate of drug-likeness (QED) is 0.110. The predicted molar refractivity (Wildman–Crippen MR) is 213 cm³/mol. The molecule has 0 spiro atoms. The number of nitrogens with one attached hydrogen (secondary N) is 4.